The summed E-state index contributed by atoms with van der Waals surface area (Å²) in [5.74, 6) is 1.09. The smallest absolute Gasteiger partial charge is 0.335 e. The molecule has 42 heavy (non-hydrogen) atoms. The number of hydrogen-bond donors (Lipinski definition) is 1. The number of nitrogens with two attached hydrogens (primary N) is 1. The van der Waals surface area contributed by atoms with Gasteiger partial charge in [0.1, 0.15) is 35.0 Å². The largest absolute Gasteiger partial charge is 0.457 e. The van der Waals surface area contributed by atoms with Gasteiger partial charge in [0.25, 0.3) is 5.91 Å². The lowest BCUT2D eigenvalue weighted by molar-refractivity contribution is -0.127. The second-order valence-corrected chi connectivity index (χ2v) is 10.6. The number of carbonyl (C=O) groups excluding carboxylic acids is 1. The maximum Gasteiger partial charge on any atom is 0.335 e. The Morgan fingerprint density at radius 3 is 2.55 bits per heavy atom. The van der Waals surface area contributed by atoms with Crippen LogP contribution in [-0.2, 0) is 16.1 Å². The van der Waals surface area contributed by atoms with Gasteiger partial charge < -0.3 is 20.1 Å². The van der Waals surface area contributed by atoms with Crippen molar-refractivity contribution in [3.63, 3.8) is 0 Å². The molecule has 11 nitrogen and oxygen atoms in total. The minimum Gasteiger partial charge on any atom is -0.457 e. The van der Waals surface area contributed by atoms with E-state index in [1.807, 2.05) is 43.3 Å². The molecular formula is C31H33N7O4. The molecule has 0 saturated carbocycles. The van der Waals surface area contributed by atoms with Gasteiger partial charge in [0.05, 0.1) is 17.3 Å². The summed E-state index contributed by atoms with van der Waals surface area (Å²) in [6.07, 6.45) is 4.30. The zero-order valence-electron chi connectivity index (χ0n) is 23.9. The number of nitrogen functional groups attached to an aromatic ring is 1. The molecule has 1 saturated heterocycles. The molecule has 0 unspecified atom stereocenters. The summed E-state index contributed by atoms with van der Waals surface area (Å²) < 4.78 is 14.6. The predicted octanol–water partition coefficient (Wildman–Crippen LogP) is 4.21. The standard InChI is InChI=1S/C31H33N7O4/c1-4-41-31(2,3)17-21(18-32)29(39)36-16-8-9-23(36)19-37-28-26(27(33)34-20-35-28)38(30(37)40)22-12-14-25(15-13-22)42-24-10-6-5-7-11-24/h5-7,10-15,17,20,23H,4,8-9,16,19H2,1-3H3,(H2,33,34,35)/t23-/m0/s1. The number of rotatable bonds is 9. The van der Waals surface area contributed by atoms with Crippen LogP contribution in [0, 0.1) is 11.3 Å². The Morgan fingerprint density at radius 1 is 1.14 bits per heavy atom. The number of anilines is 1. The second kappa shape index (κ2) is 11.9. The summed E-state index contributed by atoms with van der Waals surface area (Å²) in [4.78, 5) is 37.6. The van der Waals surface area contributed by atoms with Gasteiger partial charge in [-0.3, -0.25) is 13.9 Å². The van der Waals surface area contributed by atoms with Gasteiger partial charge in [-0.2, -0.15) is 5.26 Å². The van der Waals surface area contributed by atoms with E-state index in [1.54, 1.807) is 49.1 Å². The Bertz CT molecular complexity index is 1720. The van der Waals surface area contributed by atoms with E-state index in [2.05, 4.69) is 9.97 Å². The lowest BCUT2D eigenvalue weighted by atomic mass is 10.0. The molecule has 2 N–H and O–H groups in total. The number of nitrogens with zero attached hydrogens (tertiary/aromatic N) is 6. The van der Waals surface area contributed by atoms with Crippen molar-refractivity contribution in [3.8, 4) is 23.3 Å². The molecule has 3 heterocycles. The summed E-state index contributed by atoms with van der Waals surface area (Å²) in [6.45, 7) is 6.59. The quantitative estimate of drug-likeness (QED) is 0.234. The van der Waals surface area contributed by atoms with E-state index >= 15 is 0 Å². The van der Waals surface area contributed by atoms with Crippen LogP contribution in [0.2, 0.25) is 0 Å². The van der Waals surface area contributed by atoms with E-state index in [4.69, 9.17) is 15.2 Å². The Hall–Kier alpha value is -4.95. The molecule has 1 atom stereocenters. The van der Waals surface area contributed by atoms with Gasteiger partial charge in [-0.25, -0.2) is 14.8 Å². The molecule has 216 valence electrons. The van der Waals surface area contributed by atoms with Gasteiger partial charge in [-0.15, -0.1) is 0 Å². The molecule has 0 radical (unpaired) electrons. The fourth-order valence-corrected chi connectivity index (χ4v) is 5.36. The normalized spacial score (nSPS) is 15.6. The van der Waals surface area contributed by atoms with Crippen molar-refractivity contribution < 1.29 is 14.3 Å². The molecule has 0 spiro atoms. The van der Waals surface area contributed by atoms with E-state index in [0.29, 0.717) is 47.9 Å². The van der Waals surface area contributed by atoms with E-state index in [9.17, 15) is 14.9 Å². The Morgan fingerprint density at radius 2 is 1.86 bits per heavy atom. The zero-order valence-corrected chi connectivity index (χ0v) is 23.9. The highest BCUT2D eigenvalue weighted by Crippen LogP contribution is 2.27. The van der Waals surface area contributed by atoms with Crippen molar-refractivity contribution in [1.29, 1.82) is 5.26 Å². The monoisotopic (exact) mass is 567 g/mol. The van der Waals surface area contributed by atoms with Crippen LogP contribution in [0.3, 0.4) is 0 Å². The lowest BCUT2D eigenvalue weighted by Crippen LogP contribution is -2.41. The van der Waals surface area contributed by atoms with Crippen molar-refractivity contribution in [2.75, 3.05) is 18.9 Å². The molecule has 0 aliphatic carbocycles. The summed E-state index contributed by atoms with van der Waals surface area (Å²) in [5, 5.41) is 9.79. The van der Waals surface area contributed by atoms with Crippen LogP contribution >= 0.6 is 0 Å². The molecule has 11 heteroatoms. The van der Waals surface area contributed by atoms with Crippen molar-refractivity contribution in [1.82, 2.24) is 24.0 Å². The van der Waals surface area contributed by atoms with Crippen LogP contribution in [0.5, 0.6) is 11.5 Å². The predicted molar refractivity (Wildman–Crippen MR) is 158 cm³/mol. The average Bonchev–Trinajstić information content (AvgIpc) is 3.55. The first-order valence-electron chi connectivity index (χ1n) is 13.9. The van der Waals surface area contributed by atoms with Gasteiger partial charge in [0, 0.05) is 19.7 Å². The van der Waals surface area contributed by atoms with Crippen LogP contribution in [0.25, 0.3) is 16.9 Å². The molecular weight excluding hydrogens is 534 g/mol. The Balaban J connectivity index is 1.47. The Kier molecular flexibility index (Phi) is 8.08. The summed E-state index contributed by atoms with van der Waals surface area (Å²) in [6, 6.07) is 18.2. The minimum absolute atomic E-state index is 0.0134. The SMILES string of the molecule is CCOC(C)(C)C=C(C#N)C(=O)N1CCC[C@H]1Cn1c(=O)n(-c2ccc(Oc3ccccc3)cc2)c2c(N)ncnc21. The maximum absolute atomic E-state index is 13.9. The number of ether oxygens (including phenoxy) is 2. The third-order valence-corrected chi connectivity index (χ3v) is 7.20. The number of imidazole rings is 1. The molecule has 1 amide bonds. The van der Waals surface area contributed by atoms with Crippen molar-refractivity contribution >= 4 is 22.9 Å². The summed E-state index contributed by atoms with van der Waals surface area (Å²) in [7, 11) is 0. The first-order chi connectivity index (χ1) is 20.2. The fourth-order valence-electron chi connectivity index (χ4n) is 5.36. The molecule has 1 aliphatic heterocycles. The number of likely N-dealkylation sites (tertiary alicyclic amines) is 1. The van der Waals surface area contributed by atoms with Crippen LogP contribution in [0.4, 0.5) is 5.82 Å². The van der Waals surface area contributed by atoms with E-state index in [-0.39, 0.29) is 35.6 Å². The molecule has 1 aliphatic rings. The van der Waals surface area contributed by atoms with Crippen LogP contribution < -0.4 is 16.2 Å². The first kappa shape index (κ1) is 28.6. The number of hydrogen-bond acceptors (Lipinski definition) is 8. The van der Waals surface area contributed by atoms with E-state index in [0.717, 1.165) is 6.42 Å². The number of carbonyl (C=O) groups is 1. The molecule has 2 aromatic heterocycles. The highest BCUT2D eigenvalue weighted by molar-refractivity contribution is 5.97. The average molecular weight is 568 g/mol. The van der Waals surface area contributed by atoms with Gasteiger partial charge in [-0.05, 0) is 76.1 Å². The molecule has 1 fully saturated rings. The van der Waals surface area contributed by atoms with Crippen LogP contribution in [0.1, 0.15) is 33.6 Å². The summed E-state index contributed by atoms with van der Waals surface area (Å²) in [5.41, 5.74) is 6.46. The maximum atomic E-state index is 13.9. The van der Waals surface area contributed by atoms with Crippen molar-refractivity contribution in [2.24, 2.45) is 0 Å². The van der Waals surface area contributed by atoms with Gasteiger partial charge in [-0.1, -0.05) is 18.2 Å². The third-order valence-electron chi connectivity index (χ3n) is 7.20. The highest BCUT2D eigenvalue weighted by atomic mass is 16.5. The van der Waals surface area contributed by atoms with Crippen molar-refractivity contribution in [3.05, 3.63) is 83.1 Å². The number of nitriles is 1. The lowest BCUT2D eigenvalue weighted by Gasteiger charge is -2.26. The number of para-hydroxylation sites is 1. The molecule has 2 aromatic carbocycles. The number of aromatic nitrogens is 4. The van der Waals surface area contributed by atoms with Crippen molar-refractivity contribution in [2.45, 2.75) is 51.8 Å². The molecule has 0 bridgehead atoms. The van der Waals surface area contributed by atoms with E-state index in [1.165, 1.54) is 15.5 Å². The highest BCUT2D eigenvalue weighted by Gasteiger charge is 2.33. The van der Waals surface area contributed by atoms with Crippen LogP contribution in [-0.4, -0.2) is 54.7 Å². The Labute approximate surface area is 243 Å². The first-order valence-corrected chi connectivity index (χ1v) is 13.9. The zero-order chi connectivity index (χ0) is 29.9. The third kappa shape index (κ3) is 5.75. The number of amides is 1. The molecule has 5 rings (SSSR count). The van der Waals surface area contributed by atoms with Crippen LogP contribution in [0.15, 0.2) is 77.4 Å². The van der Waals surface area contributed by atoms with E-state index < -0.39 is 5.60 Å². The number of benzene rings is 2. The van der Waals surface area contributed by atoms with Gasteiger partial charge >= 0.3 is 5.69 Å². The minimum atomic E-state index is -0.773. The second-order valence-electron chi connectivity index (χ2n) is 10.6. The fraction of sp³-hybridized carbons (Fsp3) is 0.323. The van der Waals surface area contributed by atoms with Gasteiger partial charge in [0.15, 0.2) is 11.5 Å². The summed E-state index contributed by atoms with van der Waals surface area (Å²) >= 11 is 0. The molecule has 4 aromatic rings. The topological polar surface area (TPSA) is 141 Å². The van der Waals surface area contributed by atoms with Gasteiger partial charge in [0.2, 0.25) is 0 Å². The number of fused-ring (bicyclic) bond motifs is 1.